The summed E-state index contributed by atoms with van der Waals surface area (Å²) in [6.07, 6.45) is -3.70. The van der Waals surface area contributed by atoms with Gasteiger partial charge in [0.2, 0.25) is 0 Å². The van der Waals surface area contributed by atoms with Crippen molar-refractivity contribution in [3.63, 3.8) is 0 Å². The molecule has 0 aliphatic rings. The van der Waals surface area contributed by atoms with Crippen molar-refractivity contribution in [2.24, 2.45) is 5.72 Å². The highest BCUT2D eigenvalue weighted by Gasteiger charge is 2.14. The lowest BCUT2D eigenvalue weighted by Gasteiger charge is -2.04. The van der Waals surface area contributed by atoms with E-state index in [1.54, 1.807) is 0 Å². The number of aromatic amines is 1. The number of nitrogens with one attached hydrogen (secondary N) is 1. The number of para-hydroxylation sites is 1. The van der Waals surface area contributed by atoms with E-state index >= 15 is 0 Å². The van der Waals surface area contributed by atoms with E-state index in [0.717, 1.165) is 0 Å². The van der Waals surface area contributed by atoms with E-state index in [0.29, 0.717) is 0 Å². The number of aliphatic carboxylic acids is 1. The van der Waals surface area contributed by atoms with Crippen molar-refractivity contribution in [1.29, 1.82) is 0 Å². The molecule has 0 aliphatic carbocycles. The number of hydrogen-bond acceptors (Lipinski definition) is 2. The van der Waals surface area contributed by atoms with Crippen molar-refractivity contribution in [2.75, 3.05) is 0 Å². The lowest BCUT2D eigenvalue weighted by molar-refractivity contribution is -0.138. The molecule has 1 atom stereocenters. The van der Waals surface area contributed by atoms with Crippen LogP contribution in [0.25, 0.3) is 10.9 Å². The maximum absolute atomic E-state index is 11.3. The molecule has 4 N–H and O–H groups in total. The van der Waals surface area contributed by atoms with Crippen molar-refractivity contribution < 1.29 is 20.9 Å². The van der Waals surface area contributed by atoms with Gasteiger partial charge in [-0.2, -0.15) is 0 Å². The van der Waals surface area contributed by atoms with E-state index in [2.05, 4.69) is 4.98 Å². The molecule has 0 saturated carbocycles. The van der Waals surface area contributed by atoms with Crippen LogP contribution in [0, 0.1) is 0 Å². The Balaban J connectivity index is 2.84. The van der Waals surface area contributed by atoms with Crippen molar-refractivity contribution in [1.82, 2.24) is 4.98 Å². The van der Waals surface area contributed by atoms with E-state index in [9.17, 15) is 4.79 Å². The standard InChI is InChI=1S/C11H12N2O2/c12-9(11(14)15)5-7-6-13-10-4-2-1-3-8(7)10/h1-4,6,9,13H,5,12H2,(H,14,15)/t9-/m1/s1/i2D,4D,5D2,6D,9D/hD2. The first-order valence-corrected chi connectivity index (χ1v) is 4.06. The van der Waals surface area contributed by atoms with E-state index in [4.69, 9.17) is 16.2 Å². The monoisotopic (exact) mass is 212 g/mol. The molecule has 0 radical (unpaired) electrons. The highest BCUT2D eigenvalue weighted by Crippen LogP contribution is 2.18. The van der Waals surface area contributed by atoms with Crippen LogP contribution in [-0.2, 0) is 11.2 Å². The molecule has 1 heterocycles. The van der Waals surface area contributed by atoms with Gasteiger partial charge < -0.3 is 15.8 Å². The molecule has 0 saturated heterocycles. The van der Waals surface area contributed by atoms with Gasteiger partial charge in [-0.25, -0.2) is 0 Å². The van der Waals surface area contributed by atoms with Gasteiger partial charge in [-0.05, 0) is 11.6 Å². The number of benzene rings is 1. The summed E-state index contributed by atoms with van der Waals surface area (Å²) in [4.78, 5) is 13.7. The second-order valence-electron chi connectivity index (χ2n) is 2.80. The normalized spacial score (nSPS) is 23.8. The van der Waals surface area contributed by atoms with Crippen molar-refractivity contribution in [3.05, 3.63) is 36.0 Å². The lowest BCUT2D eigenvalue weighted by Crippen LogP contribution is -2.32. The summed E-state index contributed by atoms with van der Waals surface area (Å²) < 4.78 is 61.2. The molecule has 4 nitrogen and oxygen atoms in total. The van der Waals surface area contributed by atoms with Crippen molar-refractivity contribution in [2.45, 2.75) is 12.4 Å². The quantitative estimate of drug-likeness (QED) is 0.710. The maximum Gasteiger partial charge on any atom is 0.320 e. The number of H-pyrrole nitrogens is 1. The minimum absolute atomic E-state index is 0.0410. The zero-order chi connectivity index (χ0) is 17.7. The fraction of sp³-hybridized carbons (Fsp3) is 0.182. The third kappa shape index (κ3) is 1.85. The van der Waals surface area contributed by atoms with Gasteiger partial charge in [0.25, 0.3) is 0 Å². The Morgan fingerprint density at radius 3 is 3.53 bits per heavy atom. The fourth-order valence-corrected chi connectivity index (χ4v) is 1.16. The first kappa shape index (κ1) is 3.98. The Labute approximate surface area is 98.1 Å². The van der Waals surface area contributed by atoms with E-state index < -0.39 is 35.8 Å². The number of hydrogen-bond donors (Lipinski definition) is 3. The van der Waals surface area contributed by atoms with Gasteiger partial charge in [-0.1, -0.05) is 18.2 Å². The average molecular weight is 212 g/mol. The van der Waals surface area contributed by atoms with Gasteiger partial charge in [0.15, 0.2) is 0 Å². The van der Waals surface area contributed by atoms with E-state index in [-0.39, 0.29) is 23.0 Å². The molecule has 2 aromatic rings. The topological polar surface area (TPSA) is 79.1 Å². The Morgan fingerprint density at radius 1 is 1.93 bits per heavy atom. The van der Waals surface area contributed by atoms with Crippen LogP contribution in [0.1, 0.15) is 13.8 Å². The average Bonchev–Trinajstić information content (AvgIpc) is 2.79. The Bertz CT molecular complexity index is 790. The zero-order valence-corrected chi connectivity index (χ0v) is 7.46. The summed E-state index contributed by atoms with van der Waals surface area (Å²) in [7, 11) is 0. The summed E-state index contributed by atoms with van der Waals surface area (Å²) in [6, 6.07) is -1.40. The molecule has 78 valence electrons. The molecular formula is C11H12N2O2. The predicted molar refractivity (Wildman–Crippen MR) is 57.6 cm³/mol. The van der Waals surface area contributed by atoms with Crippen LogP contribution in [0.15, 0.2) is 30.4 Å². The van der Waals surface area contributed by atoms with Crippen LogP contribution in [0.5, 0.6) is 0 Å². The van der Waals surface area contributed by atoms with E-state index in [1.807, 2.05) is 0 Å². The minimum Gasteiger partial charge on any atom is -0.480 e. The second-order valence-corrected chi connectivity index (χ2v) is 2.80. The molecule has 0 unspecified atom stereocenters. The zero-order valence-electron chi connectivity index (χ0n) is 15.5. The first-order chi connectivity index (χ1) is 10.5. The third-order valence-electron chi connectivity index (χ3n) is 1.83. The Kier molecular flexibility index (Phi) is 0.994. The molecule has 4 heteroatoms. The Morgan fingerprint density at radius 2 is 2.80 bits per heavy atom. The number of carboxylic acids is 1. The number of carboxylic acid groups (broad SMARTS) is 1. The van der Waals surface area contributed by atoms with Gasteiger partial charge in [-0.3, -0.25) is 4.79 Å². The number of fused-ring (bicyclic) bond motifs is 1. The van der Waals surface area contributed by atoms with Gasteiger partial charge >= 0.3 is 5.97 Å². The summed E-state index contributed by atoms with van der Waals surface area (Å²) in [6.45, 7) is 0. The summed E-state index contributed by atoms with van der Waals surface area (Å²) >= 11 is 0. The summed E-state index contributed by atoms with van der Waals surface area (Å²) in [5.41, 5.74) is -1.17. The van der Waals surface area contributed by atoms with Crippen molar-refractivity contribution in [3.8, 4) is 0 Å². The molecule has 15 heavy (non-hydrogen) atoms. The summed E-state index contributed by atoms with van der Waals surface area (Å²) in [5.74, 6) is -2.07. The minimum atomic E-state index is -3.33. The van der Waals surface area contributed by atoms with Gasteiger partial charge in [0.05, 0.1) is 5.48 Å². The van der Waals surface area contributed by atoms with Crippen LogP contribution in [0.2, 0.25) is 2.82 Å². The van der Waals surface area contributed by atoms with Crippen LogP contribution >= 0.6 is 0 Å². The Hall–Kier alpha value is -1.81. The molecule has 1 aromatic heterocycles. The highest BCUT2D eigenvalue weighted by atomic mass is 16.4. The molecular weight excluding hydrogens is 192 g/mol. The summed E-state index contributed by atoms with van der Waals surface area (Å²) in [5, 5.41) is 9.11. The molecule has 0 spiro atoms. The molecule has 0 bridgehead atoms. The number of carbonyl (C=O) groups is 1. The molecule has 1 aromatic carbocycles. The maximum atomic E-state index is 11.3. The molecule has 2 rings (SSSR count). The smallest absolute Gasteiger partial charge is 0.320 e. The van der Waals surface area contributed by atoms with Crippen LogP contribution in [0.3, 0.4) is 0 Å². The van der Waals surface area contributed by atoms with E-state index in [1.165, 1.54) is 12.1 Å². The number of aromatic nitrogens is 1. The lowest BCUT2D eigenvalue weighted by atomic mass is 10.1. The van der Waals surface area contributed by atoms with Gasteiger partial charge in [0, 0.05) is 26.2 Å². The van der Waals surface area contributed by atoms with Gasteiger partial charge in [-0.15, -0.1) is 0 Å². The second kappa shape index (κ2) is 3.74. The number of nitrogens with two attached hydrogens (primary N) is 1. The van der Waals surface area contributed by atoms with Crippen molar-refractivity contribution >= 4 is 16.9 Å². The van der Waals surface area contributed by atoms with Crippen LogP contribution in [0.4, 0.5) is 0 Å². The van der Waals surface area contributed by atoms with Crippen LogP contribution in [-0.4, -0.2) is 22.1 Å². The third-order valence-corrected chi connectivity index (χ3v) is 1.83. The fourth-order valence-electron chi connectivity index (χ4n) is 1.16. The SMILES string of the molecule is [2H]c1ccc2c(C([2H])([2H])[C@]([2H])(C(=O)O)N([2H])[2H])c([2H])[nH]c2c1[2H]. The van der Waals surface area contributed by atoms with Gasteiger partial charge in [0.1, 0.15) is 8.84 Å². The molecule has 0 amide bonds. The molecule has 0 fully saturated rings. The number of rotatable bonds is 4. The molecule has 0 aliphatic heterocycles. The van der Waals surface area contributed by atoms with Crippen LogP contribution < -0.4 is 5.72 Å². The first-order valence-electron chi connectivity index (χ1n) is 7.96. The predicted octanol–water partition coefficient (Wildman–Crippen LogP) is 1.12. The largest absolute Gasteiger partial charge is 0.480 e. The highest BCUT2D eigenvalue weighted by molar-refractivity contribution is 5.84.